The van der Waals surface area contributed by atoms with E-state index in [1.54, 1.807) is 6.26 Å². The van der Waals surface area contributed by atoms with E-state index in [9.17, 15) is 4.79 Å². The summed E-state index contributed by atoms with van der Waals surface area (Å²) in [5, 5.41) is 6.23. The Morgan fingerprint density at radius 3 is 3.00 bits per heavy atom. The van der Waals surface area contributed by atoms with Gasteiger partial charge in [-0.1, -0.05) is 0 Å². The molecule has 0 spiro atoms. The highest BCUT2D eigenvalue weighted by molar-refractivity contribution is 5.76. The largest absolute Gasteiger partial charge is 0.467 e. The second-order valence-electron chi connectivity index (χ2n) is 4.71. The summed E-state index contributed by atoms with van der Waals surface area (Å²) in [5.74, 6) is 3.10. The normalized spacial score (nSPS) is 31.1. The molecule has 4 nitrogen and oxygen atoms in total. The van der Waals surface area contributed by atoms with Crippen LogP contribution in [-0.2, 0) is 11.3 Å². The van der Waals surface area contributed by atoms with Gasteiger partial charge in [-0.05, 0) is 43.0 Å². The van der Waals surface area contributed by atoms with E-state index < -0.39 is 0 Å². The standard InChI is InChI=1S/C12H16N2O2/c15-12(14-5-8-2-1-3-16-8)4-9-10-6-13-7-11(9)10/h1-3,9-11,13H,4-7H2,(H,14,15)/t9?,10-,11+. The van der Waals surface area contributed by atoms with Crippen LogP contribution in [0.3, 0.4) is 0 Å². The van der Waals surface area contributed by atoms with Gasteiger partial charge in [0.25, 0.3) is 0 Å². The lowest BCUT2D eigenvalue weighted by Gasteiger charge is -2.05. The topological polar surface area (TPSA) is 54.3 Å². The van der Waals surface area contributed by atoms with Gasteiger partial charge in [-0.2, -0.15) is 0 Å². The molecule has 3 atom stereocenters. The SMILES string of the molecule is O=C(CC1[C@H]2CNC[C@@H]12)NCc1ccco1. The van der Waals surface area contributed by atoms with Crippen LogP contribution in [0.1, 0.15) is 12.2 Å². The van der Waals surface area contributed by atoms with E-state index in [0.717, 1.165) is 30.7 Å². The first-order chi connectivity index (χ1) is 7.84. The summed E-state index contributed by atoms with van der Waals surface area (Å²) >= 11 is 0. The minimum Gasteiger partial charge on any atom is -0.467 e. The highest BCUT2D eigenvalue weighted by atomic mass is 16.3. The smallest absolute Gasteiger partial charge is 0.220 e. The molecule has 1 saturated heterocycles. The predicted octanol–water partition coefficient (Wildman–Crippen LogP) is 0.751. The first-order valence-electron chi connectivity index (χ1n) is 5.84. The molecule has 3 rings (SSSR count). The van der Waals surface area contributed by atoms with Crippen LogP contribution >= 0.6 is 0 Å². The molecule has 1 aliphatic carbocycles. The van der Waals surface area contributed by atoms with Crippen molar-refractivity contribution in [3.05, 3.63) is 24.2 Å². The number of carbonyl (C=O) groups is 1. The lowest BCUT2D eigenvalue weighted by atomic mass is 10.2. The summed E-state index contributed by atoms with van der Waals surface area (Å²) in [6.07, 6.45) is 2.30. The van der Waals surface area contributed by atoms with Crippen LogP contribution in [0, 0.1) is 17.8 Å². The van der Waals surface area contributed by atoms with Gasteiger partial charge in [0, 0.05) is 6.42 Å². The number of hydrogen-bond donors (Lipinski definition) is 2. The molecule has 0 aromatic carbocycles. The van der Waals surface area contributed by atoms with E-state index >= 15 is 0 Å². The maximum atomic E-state index is 11.6. The molecule has 1 aromatic heterocycles. The third-order valence-electron chi connectivity index (χ3n) is 3.73. The number of amides is 1. The zero-order valence-corrected chi connectivity index (χ0v) is 9.11. The van der Waals surface area contributed by atoms with Crippen molar-refractivity contribution >= 4 is 5.91 Å². The van der Waals surface area contributed by atoms with E-state index in [1.165, 1.54) is 0 Å². The molecule has 1 amide bonds. The molecule has 1 unspecified atom stereocenters. The average molecular weight is 220 g/mol. The summed E-state index contributed by atoms with van der Waals surface area (Å²) in [4.78, 5) is 11.6. The fourth-order valence-electron chi connectivity index (χ4n) is 2.73. The number of piperidine rings is 1. The number of carbonyl (C=O) groups excluding carboxylic acids is 1. The van der Waals surface area contributed by atoms with Gasteiger partial charge in [-0.25, -0.2) is 0 Å². The number of rotatable bonds is 4. The van der Waals surface area contributed by atoms with Crippen molar-refractivity contribution in [2.45, 2.75) is 13.0 Å². The molecule has 4 heteroatoms. The van der Waals surface area contributed by atoms with Gasteiger partial charge < -0.3 is 15.1 Å². The minimum absolute atomic E-state index is 0.149. The second-order valence-corrected chi connectivity index (χ2v) is 4.71. The minimum atomic E-state index is 0.149. The van der Waals surface area contributed by atoms with Crippen LogP contribution in [0.15, 0.2) is 22.8 Å². The van der Waals surface area contributed by atoms with E-state index in [0.29, 0.717) is 18.9 Å². The van der Waals surface area contributed by atoms with Gasteiger partial charge in [-0.3, -0.25) is 4.79 Å². The molecule has 2 aliphatic rings. The molecule has 0 bridgehead atoms. The Morgan fingerprint density at radius 2 is 2.31 bits per heavy atom. The Morgan fingerprint density at radius 1 is 1.50 bits per heavy atom. The first kappa shape index (κ1) is 9.90. The van der Waals surface area contributed by atoms with E-state index in [4.69, 9.17) is 4.42 Å². The van der Waals surface area contributed by atoms with Crippen molar-refractivity contribution in [3.63, 3.8) is 0 Å². The van der Waals surface area contributed by atoms with Crippen LogP contribution < -0.4 is 10.6 Å². The molecule has 1 aliphatic heterocycles. The molecule has 1 saturated carbocycles. The van der Waals surface area contributed by atoms with Crippen LogP contribution in [-0.4, -0.2) is 19.0 Å². The van der Waals surface area contributed by atoms with Crippen molar-refractivity contribution in [1.29, 1.82) is 0 Å². The highest BCUT2D eigenvalue weighted by Gasteiger charge is 2.52. The molecule has 2 fully saturated rings. The lowest BCUT2D eigenvalue weighted by Crippen LogP contribution is -2.24. The summed E-state index contributed by atoms with van der Waals surface area (Å²) in [6, 6.07) is 3.70. The van der Waals surface area contributed by atoms with Gasteiger partial charge in [0.05, 0.1) is 12.8 Å². The van der Waals surface area contributed by atoms with Crippen molar-refractivity contribution in [3.8, 4) is 0 Å². The van der Waals surface area contributed by atoms with Crippen molar-refractivity contribution < 1.29 is 9.21 Å². The number of hydrogen-bond acceptors (Lipinski definition) is 3. The fraction of sp³-hybridized carbons (Fsp3) is 0.583. The molecule has 86 valence electrons. The molecule has 0 radical (unpaired) electrons. The number of furan rings is 1. The average Bonchev–Trinajstić information content (AvgIpc) is 2.80. The quantitative estimate of drug-likeness (QED) is 0.787. The summed E-state index contributed by atoms with van der Waals surface area (Å²) in [5.41, 5.74) is 0. The van der Waals surface area contributed by atoms with Crippen LogP contribution in [0.25, 0.3) is 0 Å². The predicted molar refractivity (Wildman–Crippen MR) is 58.5 cm³/mol. The second kappa shape index (κ2) is 3.94. The lowest BCUT2D eigenvalue weighted by molar-refractivity contribution is -0.121. The zero-order valence-electron chi connectivity index (χ0n) is 9.11. The van der Waals surface area contributed by atoms with Crippen molar-refractivity contribution in [2.24, 2.45) is 17.8 Å². The molecule has 2 N–H and O–H groups in total. The summed E-state index contributed by atoms with van der Waals surface area (Å²) in [7, 11) is 0. The molecular weight excluding hydrogens is 204 g/mol. The van der Waals surface area contributed by atoms with Crippen molar-refractivity contribution in [2.75, 3.05) is 13.1 Å². The first-order valence-corrected chi connectivity index (χ1v) is 5.84. The zero-order chi connectivity index (χ0) is 11.0. The van der Waals surface area contributed by atoms with Gasteiger partial charge in [-0.15, -0.1) is 0 Å². The van der Waals surface area contributed by atoms with Gasteiger partial charge in [0.15, 0.2) is 0 Å². The number of fused-ring (bicyclic) bond motifs is 1. The Hall–Kier alpha value is -1.29. The van der Waals surface area contributed by atoms with Gasteiger partial charge in [0.2, 0.25) is 5.91 Å². The van der Waals surface area contributed by atoms with E-state index in [-0.39, 0.29) is 5.91 Å². The van der Waals surface area contributed by atoms with Crippen LogP contribution in [0.4, 0.5) is 0 Å². The van der Waals surface area contributed by atoms with Crippen LogP contribution in [0.5, 0.6) is 0 Å². The molecule has 1 aromatic rings. The monoisotopic (exact) mass is 220 g/mol. The third-order valence-corrected chi connectivity index (χ3v) is 3.73. The Kier molecular flexibility index (Phi) is 2.44. The Balaban J connectivity index is 1.41. The molecule has 16 heavy (non-hydrogen) atoms. The van der Waals surface area contributed by atoms with Gasteiger partial charge in [0.1, 0.15) is 5.76 Å². The maximum Gasteiger partial charge on any atom is 0.220 e. The number of nitrogens with one attached hydrogen (secondary N) is 2. The summed E-state index contributed by atoms with van der Waals surface area (Å²) in [6.45, 7) is 2.70. The fourth-order valence-corrected chi connectivity index (χ4v) is 2.73. The van der Waals surface area contributed by atoms with E-state index in [1.807, 2.05) is 12.1 Å². The third kappa shape index (κ3) is 1.85. The molecular formula is C12H16N2O2. The molecule has 2 heterocycles. The highest BCUT2D eigenvalue weighted by Crippen LogP contribution is 2.50. The van der Waals surface area contributed by atoms with Gasteiger partial charge >= 0.3 is 0 Å². The Labute approximate surface area is 94.4 Å². The van der Waals surface area contributed by atoms with E-state index in [2.05, 4.69) is 10.6 Å². The van der Waals surface area contributed by atoms with Crippen LogP contribution in [0.2, 0.25) is 0 Å². The maximum absolute atomic E-state index is 11.6. The Bertz CT molecular complexity index is 364. The summed E-state index contributed by atoms with van der Waals surface area (Å²) < 4.78 is 5.15. The van der Waals surface area contributed by atoms with Crippen molar-refractivity contribution in [1.82, 2.24) is 10.6 Å².